The molecule has 0 radical (unpaired) electrons. The number of benzene rings is 1. The molecular weight excluding hydrogens is 208 g/mol. The van der Waals surface area contributed by atoms with Crippen LogP contribution in [0.5, 0.6) is 11.5 Å². The number of aromatic hydroxyl groups is 1. The predicted octanol–water partition coefficient (Wildman–Crippen LogP) is 2.36. The molecule has 1 rings (SSSR count). The van der Waals surface area contributed by atoms with E-state index in [2.05, 4.69) is 0 Å². The van der Waals surface area contributed by atoms with E-state index in [1.165, 1.54) is 18.2 Å². The number of hydrogen-bond acceptors (Lipinski definition) is 4. The highest BCUT2D eigenvalue weighted by molar-refractivity contribution is 5.90. The van der Waals surface area contributed by atoms with Gasteiger partial charge < -0.3 is 14.6 Å². The number of rotatable bonds is 4. The molecule has 0 unspecified atom stereocenters. The molecule has 0 saturated heterocycles. The molecule has 0 aliphatic heterocycles. The van der Waals surface area contributed by atoms with Crippen LogP contribution >= 0.6 is 0 Å². The number of esters is 1. The smallest absolute Gasteiger partial charge is 0.338 e. The highest BCUT2D eigenvalue weighted by Crippen LogP contribution is 2.28. The number of carbonyl (C=O) groups excluding carboxylic acids is 1. The molecule has 0 aliphatic carbocycles. The summed E-state index contributed by atoms with van der Waals surface area (Å²) in [6.45, 7) is 5.75. The van der Waals surface area contributed by atoms with E-state index in [1.54, 1.807) is 6.92 Å². The van der Waals surface area contributed by atoms with E-state index in [0.29, 0.717) is 17.9 Å². The van der Waals surface area contributed by atoms with Crippen LogP contribution in [0.2, 0.25) is 0 Å². The lowest BCUT2D eigenvalue weighted by Gasteiger charge is -2.12. The third-order valence-electron chi connectivity index (χ3n) is 1.83. The molecule has 0 saturated carbocycles. The Morgan fingerprint density at radius 1 is 1.44 bits per heavy atom. The molecule has 0 bridgehead atoms. The van der Waals surface area contributed by atoms with Crippen LogP contribution in [0.4, 0.5) is 0 Å². The second-order valence-electron chi connectivity index (χ2n) is 3.57. The lowest BCUT2D eigenvalue weighted by atomic mass is 10.2. The molecule has 0 spiro atoms. The molecule has 0 atom stereocenters. The monoisotopic (exact) mass is 224 g/mol. The maximum Gasteiger partial charge on any atom is 0.338 e. The van der Waals surface area contributed by atoms with Crippen LogP contribution in [0.15, 0.2) is 18.2 Å². The summed E-state index contributed by atoms with van der Waals surface area (Å²) >= 11 is 0. The minimum absolute atomic E-state index is 0.0155. The van der Waals surface area contributed by atoms with Crippen LogP contribution in [-0.2, 0) is 4.74 Å². The van der Waals surface area contributed by atoms with Crippen molar-refractivity contribution in [1.29, 1.82) is 0 Å². The predicted molar refractivity (Wildman–Crippen MR) is 59.8 cm³/mol. The molecule has 4 heteroatoms. The van der Waals surface area contributed by atoms with Crippen LogP contribution in [0.3, 0.4) is 0 Å². The van der Waals surface area contributed by atoms with Crippen molar-refractivity contribution in [2.24, 2.45) is 0 Å². The molecule has 1 N–H and O–H groups in total. The Bertz CT molecular complexity index is 371. The number of phenolic OH excluding ortho intramolecular Hbond substituents is 1. The molecule has 88 valence electrons. The Morgan fingerprint density at radius 2 is 2.12 bits per heavy atom. The van der Waals surface area contributed by atoms with E-state index in [0.717, 1.165) is 0 Å². The largest absolute Gasteiger partial charge is 0.504 e. The molecule has 4 nitrogen and oxygen atoms in total. The molecule has 0 fully saturated rings. The molecule has 0 heterocycles. The zero-order valence-corrected chi connectivity index (χ0v) is 9.69. The summed E-state index contributed by atoms with van der Waals surface area (Å²) in [6, 6.07) is 4.40. The minimum atomic E-state index is -0.420. The number of hydrogen-bond donors (Lipinski definition) is 1. The number of phenols is 1. The summed E-state index contributed by atoms with van der Waals surface area (Å²) in [7, 11) is 0. The summed E-state index contributed by atoms with van der Waals surface area (Å²) in [5, 5.41) is 9.52. The fourth-order valence-electron chi connectivity index (χ4n) is 1.20. The van der Waals surface area contributed by atoms with Gasteiger partial charge in [0, 0.05) is 0 Å². The molecule has 1 aromatic rings. The third kappa shape index (κ3) is 3.15. The maximum atomic E-state index is 11.4. The van der Waals surface area contributed by atoms with Crippen LogP contribution in [0.1, 0.15) is 31.1 Å². The average molecular weight is 224 g/mol. The number of carbonyl (C=O) groups is 1. The van der Waals surface area contributed by atoms with Crippen molar-refractivity contribution in [2.45, 2.75) is 26.9 Å². The first-order valence-corrected chi connectivity index (χ1v) is 5.21. The van der Waals surface area contributed by atoms with Gasteiger partial charge in [-0.05, 0) is 39.0 Å². The summed E-state index contributed by atoms with van der Waals surface area (Å²) < 4.78 is 10.2. The fourth-order valence-corrected chi connectivity index (χ4v) is 1.20. The quantitative estimate of drug-likeness (QED) is 0.797. The Morgan fingerprint density at radius 3 is 2.69 bits per heavy atom. The van der Waals surface area contributed by atoms with Gasteiger partial charge in [0.25, 0.3) is 0 Å². The Balaban J connectivity index is 2.93. The van der Waals surface area contributed by atoms with Gasteiger partial charge in [-0.25, -0.2) is 4.79 Å². The van der Waals surface area contributed by atoms with Crippen molar-refractivity contribution in [3.8, 4) is 11.5 Å². The van der Waals surface area contributed by atoms with Crippen molar-refractivity contribution < 1.29 is 19.4 Å². The van der Waals surface area contributed by atoms with Crippen LogP contribution in [0.25, 0.3) is 0 Å². The minimum Gasteiger partial charge on any atom is -0.504 e. The molecule has 1 aromatic carbocycles. The van der Waals surface area contributed by atoms with Gasteiger partial charge in [-0.3, -0.25) is 0 Å². The second kappa shape index (κ2) is 5.39. The van der Waals surface area contributed by atoms with Crippen LogP contribution in [-0.4, -0.2) is 23.8 Å². The van der Waals surface area contributed by atoms with E-state index in [1.807, 2.05) is 13.8 Å². The first kappa shape index (κ1) is 12.4. The topological polar surface area (TPSA) is 55.8 Å². The van der Waals surface area contributed by atoms with Crippen molar-refractivity contribution in [2.75, 3.05) is 6.61 Å². The van der Waals surface area contributed by atoms with Gasteiger partial charge in [0.2, 0.25) is 0 Å². The third-order valence-corrected chi connectivity index (χ3v) is 1.83. The van der Waals surface area contributed by atoms with E-state index in [-0.39, 0.29) is 11.9 Å². The zero-order chi connectivity index (χ0) is 12.1. The first-order valence-electron chi connectivity index (χ1n) is 5.21. The van der Waals surface area contributed by atoms with Crippen molar-refractivity contribution in [3.05, 3.63) is 23.8 Å². The Labute approximate surface area is 94.8 Å². The van der Waals surface area contributed by atoms with Gasteiger partial charge >= 0.3 is 5.97 Å². The summed E-state index contributed by atoms with van der Waals surface area (Å²) in [4.78, 5) is 11.4. The molecule has 0 amide bonds. The maximum absolute atomic E-state index is 11.4. The Kier molecular flexibility index (Phi) is 4.17. The lowest BCUT2D eigenvalue weighted by Crippen LogP contribution is -2.08. The average Bonchev–Trinajstić information content (AvgIpc) is 2.21. The van der Waals surface area contributed by atoms with Crippen molar-refractivity contribution >= 4 is 5.97 Å². The van der Waals surface area contributed by atoms with E-state index < -0.39 is 5.97 Å². The van der Waals surface area contributed by atoms with Gasteiger partial charge in [0.1, 0.15) is 0 Å². The highest BCUT2D eigenvalue weighted by Gasteiger charge is 2.11. The SMILES string of the molecule is CCOC(=O)c1ccc(O)c(OC(C)C)c1. The van der Waals surface area contributed by atoms with Gasteiger partial charge in [-0.15, -0.1) is 0 Å². The first-order chi connectivity index (χ1) is 7.54. The highest BCUT2D eigenvalue weighted by atomic mass is 16.5. The summed E-state index contributed by atoms with van der Waals surface area (Å²) in [5.74, 6) is -0.113. The second-order valence-corrected chi connectivity index (χ2v) is 3.57. The number of ether oxygens (including phenoxy) is 2. The summed E-state index contributed by atoms with van der Waals surface area (Å²) in [5.41, 5.74) is 0.371. The van der Waals surface area contributed by atoms with Crippen molar-refractivity contribution in [3.63, 3.8) is 0 Å². The normalized spacial score (nSPS) is 10.2. The van der Waals surface area contributed by atoms with Gasteiger partial charge in [0.15, 0.2) is 11.5 Å². The molecule has 0 aliphatic rings. The standard InChI is InChI=1S/C12H16O4/c1-4-15-12(14)9-5-6-10(13)11(7-9)16-8(2)3/h5-8,13H,4H2,1-3H3. The van der Waals surface area contributed by atoms with Gasteiger partial charge in [0.05, 0.1) is 18.3 Å². The van der Waals surface area contributed by atoms with Crippen molar-refractivity contribution in [1.82, 2.24) is 0 Å². The van der Waals surface area contributed by atoms with Gasteiger partial charge in [-0.2, -0.15) is 0 Å². The van der Waals surface area contributed by atoms with E-state index in [4.69, 9.17) is 9.47 Å². The molecule has 0 aromatic heterocycles. The zero-order valence-electron chi connectivity index (χ0n) is 9.69. The van der Waals surface area contributed by atoms with E-state index >= 15 is 0 Å². The van der Waals surface area contributed by atoms with Gasteiger partial charge in [-0.1, -0.05) is 0 Å². The fraction of sp³-hybridized carbons (Fsp3) is 0.417. The molecular formula is C12H16O4. The summed E-state index contributed by atoms with van der Waals surface area (Å²) in [6.07, 6.45) is -0.0663. The van der Waals surface area contributed by atoms with Crippen LogP contribution < -0.4 is 4.74 Å². The molecule has 16 heavy (non-hydrogen) atoms. The van der Waals surface area contributed by atoms with E-state index in [9.17, 15) is 9.90 Å². The van der Waals surface area contributed by atoms with Crippen LogP contribution in [0, 0.1) is 0 Å². The lowest BCUT2D eigenvalue weighted by molar-refractivity contribution is 0.0525. The Hall–Kier alpha value is -1.71.